The standard InChI is InChI=1S/C10H10F3N3O3/c11-10(12,13)6-4-7(17)15-9(14-6)16-3-1-2-5(16)8(18)19/h4-5H,1-3H2,(H,18,19)(H,14,15,17)/t5-/m0/s1. The van der Waals surface area contributed by atoms with Crippen LogP contribution in [0.5, 0.6) is 0 Å². The Morgan fingerprint density at radius 1 is 1.53 bits per heavy atom. The van der Waals surface area contributed by atoms with Crippen LogP contribution in [-0.2, 0) is 11.0 Å². The maximum Gasteiger partial charge on any atom is 0.433 e. The second-order valence-corrected chi connectivity index (χ2v) is 4.14. The van der Waals surface area contributed by atoms with Crippen molar-refractivity contribution in [2.45, 2.75) is 25.1 Å². The molecule has 0 unspecified atom stereocenters. The Hall–Kier alpha value is -2.06. The molecule has 1 fully saturated rings. The van der Waals surface area contributed by atoms with E-state index in [4.69, 9.17) is 5.11 Å². The highest BCUT2D eigenvalue weighted by atomic mass is 19.4. The van der Waals surface area contributed by atoms with E-state index in [1.165, 1.54) is 4.90 Å². The molecule has 0 aromatic carbocycles. The van der Waals surface area contributed by atoms with Crippen molar-refractivity contribution in [1.29, 1.82) is 0 Å². The van der Waals surface area contributed by atoms with Crippen LogP contribution in [0.4, 0.5) is 19.1 Å². The molecule has 2 rings (SSSR count). The molecule has 19 heavy (non-hydrogen) atoms. The number of aliphatic carboxylic acids is 1. The molecule has 104 valence electrons. The van der Waals surface area contributed by atoms with Gasteiger partial charge in [-0.25, -0.2) is 9.78 Å². The fourth-order valence-electron chi connectivity index (χ4n) is 2.00. The molecule has 0 amide bonds. The van der Waals surface area contributed by atoms with Crippen LogP contribution in [0.15, 0.2) is 10.9 Å². The van der Waals surface area contributed by atoms with Gasteiger partial charge in [0, 0.05) is 12.6 Å². The Kier molecular flexibility index (Phi) is 3.21. The van der Waals surface area contributed by atoms with E-state index in [0.717, 1.165) is 0 Å². The minimum atomic E-state index is -4.75. The van der Waals surface area contributed by atoms with Crippen LogP contribution in [-0.4, -0.2) is 33.6 Å². The van der Waals surface area contributed by atoms with E-state index >= 15 is 0 Å². The number of hydrogen-bond donors (Lipinski definition) is 2. The third kappa shape index (κ3) is 2.69. The maximum atomic E-state index is 12.5. The zero-order chi connectivity index (χ0) is 14.2. The summed E-state index contributed by atoms with van der Waals surface area (Å²) in [6.45, 7) is 0.237. The first-order chi connectivity index (χ1) is 8.79. The van der Waals surface area contributed by atoms with Gasteiger partial charge in [-0.3, -0.25) is 9.78 Å². The molecule has 1 aliphatic heterocycles. The summed E-state index contributed by atoms with van der Waals surface area (Å²) in [5.74, 6) is -1.51. The van der Waals surface area contributed by atoms with Crippen LogP contribution in [0.1, 0.15) is 18.5 Å². The first-order valence-electron chi connectivity index (χ1n) is 5.47. The van der Waals surface area contributed by atoms with Crippen LogP contribution in [0.2, 0.25) is 0 Å². The Balaban J connectivity index is 2.43. The lowest BCUT2D eigenvalue weighted by atomic mass is 10.2. The van der Waals surface area contributed by atoms with Crippen molar-refractivity contribution in [2.24, 2.45) is 0 Å². The van der Waals surface area contributed by atoms with E-state index < -0.39 is 29.4 Å². The highest BCUT2D eigenvalue weighted by molar-refractivity contribution is 5.78. The van der Waals surface area contributed by atoms with Gasteiger partial charge < -0.3 is 10.0 Å². The minimum absolute atomic E-state index is 0.237. The summed E-state index contributed by atoms with van der Waals surface area (Å²) in [6, 6.07) is -0.623. The normalized spacial score (nSPS) is 19.7. The fourth-order valence-corrected chi connectivity index (χ4v) is 2.00. The zero-order valence-corrected chi connectivity index (χ0v) is 9.57. The number of halogens is 3. The Morgan fingerprint density at radius 2 is 2.21 bits per heavy atom. The number of nitrogens with zero attached hydrogens (tertiary/aromatic N) is 2. The van der Waals surface area contributed by atoms with E-state index in [9.17, 15) is 22.8 Å². The van der Waals surface area contributed by atoms with Gasteiger partial charge in [-0.1, -0.05) is 0 Å². The molecule has 1 aliphatic rings. The van der Waals surface area contributed by atoms with Crippen LogP contribution in [0.25, 0.3) is 0 Å². The number of carbonyl (C=O) groups is 1. The van der Waals surface area contributed by atoms with Gasteiger partial charge in [-0.15, -0.1) is 0 Å². The summed E-state index contributed by atoms with van der Waals surface area (Å²) in [5.41, 5.74) is -2.30. The minimum Gasteiger partial charge on any atom is -0.480 e. The van der Waals surface area contributed by atoms with Crippen molar-refractivity contribution in [1.82, 2.24) is 9.97 Å². The van der Waals surface area contributed by atoms with Crippen LogP contribution in [0.3, 0.4) is 0 Å². The van der Waals surface area contributed by atoms with E-state index in [1.54, 1.807) is 0 Å². The summed E-state index contributed by atoms with van der Waals surface area (Å²) < 4.78 is 37.6. The first-order valence-corrected chi connectivity index (χ1v) is 5.47. The molecule has 1 aromatic rings. The molecule has 2 N–H and O–H groups in total. The lowest BCUT2D eigenvalue weighted by molar-refractivity contribution is -0.141. The van der Waals surface area contributed by atoms with E-state index in [-0.39, 0.29) is 12.5 Å². The predicted octanol–water partition coefficient (Wildman–Crippen LogP) is 0.842. The van der Waals surface area contributed by atoms with E-state index in [0.29, 0.717) is 18.9 Å². The topological polar surface area (TPSA) is 86.3 Å². The summed E-state index contributed by atoms with van der Waals surface area (Å²) in [5, 5.41) is 8.96. The number of rotatable bonds is 2. The summed E-state index contributed by atoms with van der Waals surface area (Å²) in [6.07, 6.45) is -3.94. The molecule has 1 saturated heterocycles. The van der Waals surface area contributed by atoms with Gasteiger partial charge in [-0.2, -0.15) is 13.2 Å². The average Bonchev–Trinajstić information content (AvgIpc) is 2.75. The Bertz CT molecular complexity index is 555. The van der Waals surface area contributed by atoms with Crippen molar-refractivity contribution >= 4 is 11.9 Å². The number of aromatic nitrogens is 2. The molecule has 0 spiro atoms. The molecular weight excluding hydrogens is 267 g/mol. The number of aromatic amines is 1. The summed E-state index contributed by atoms with van der Waals surface area (Å²) in [4.78, 5) is 28.8. The molecule has 0 saturated carbocycles. The molecule has 9 heteroatoms. The van der Waals surface area contributed by atoms with Crippen LogP contribution < -0.4 is 10.5 Å². The number of hydrogen-bond acceptors (Lipinski definition) is 4. The number of anilines is 1. The molecule has 2 heterocycles. The van der Waals surface area contributed by atoms with E-state index in [1.807, 2.05) is 0 Å². The highest BCUT2D eigenvalue weighted by Crippen LogP contribution is 2.29. The van der Waals surface area contributed by atoms with Crippen molar-refractivity contribution in [3.63, 3.8) is 0 Å². The van der Waals surface area contributed by atoms with Gasteiger partial charge in [0.05, 0.1) is 0 Å². The third-order valence-corrected chi connectivity index (χ3v) is 2.83. The Morgan fingerprint density at radius 3 is 2.79 bits per heavy atom. The van der Waals surface area contributed by atoms with Gasteiger partial charge >= 0.3 is 12.1 Å². The second-order valence-electron chi connectivity index (χ2n) is 4.14. The van der Waals surface area contributed by atoms with Crippen LogP contribution >= 0.6 is 0 Å². The fraction of sp³-hybridized carbons (Fsp3) is 0.500. The number of carboxylic acid groups (broad SMARTS) is 1. The van der Waals surface area contributed by atoms with Crippen molar-refractivity contribution in [2.75, 3.05) is 11.4 Å². The largest absolute Gasteiger partial charge is 0.480 e. The Labute approximate surface area is 104 Å². The van der Waals surface area contributed by atoms with Crippen molar-refractivity contribution < 1.29 is 23.1 Å². The predicted molar refractivity (Wildman–Crippen MR) is 57.9 cm³/mol. The number of H-pyrrole nitrogens is 1. The van der Waals surface area contributed by atoms with Crippen LogP contribution in [0, 0.1) is 0 Å². The molecule has 1 atom stereocenters. The lowest BCUT2D eigenvalue weighted by Gasteiger charge is -2.22. The molecule has 0 radical (unpaired) electrons. The molecule has 0 bridgehead atoms. The van der Waals surface area contributed by atoms with Crippen molar-refractivity contribution in [3.05, 3.63) is 22.1 Å². The molecule has 1 aromatic heterocycles. The SMILES string of the molecule is O=C(O)[C@@H]1CCCN1c1nc(C(F)(F)F)cc(=O)[nH]1. The van der Waals surface area contributed by atoms with Gasteiger partial charge in [0.15, 0.2) is 5.69 Å². The van der Waals surface area contributed by atoms with Gasteiger partial charge in [0.2, 0.25) is 5.95 Å². The van der Waals surface area contributed by atoms with Gasteiger partial charge in [-0.05, 0) is 12.8 Å². The summed E-state index contributed by atoms with van der Waals surface area (Å²) in [7, 11) is 0. The molecular formula is C10H10F3N3O3. The number of carboxylic acids is 1. The first kappa shape index (κ1) is 13.4. The smallest absolute Gasteiger partial charge is 0.433 e. The molecule has 0 aliphatic carbocycles. The number of alkyl halides is 3. The number of nitrogens with one attached hydrogen (secondary N) is 1. The maximum absolute atomic E-state index is 12.5. The van der Waals surface area contributed by atoms with Crippen molar-refractivity contribution in [3.8, 4) is 0 Å². The van der Waals surface area contributed by atoms with Gasteiger partial charge in [0.25, 0.3) is 5.56 Å². The summed E-state index contributed by atoms with van der Waals surface area (Å²) >= 11 is 0. The monoisotopic (exact) mass is 277 g/mol. The van der Waals surface area contributed by atoms with E-state index in [2.05, 4.69) is 9.97 Å². The quantitative estimate of drug-likeness (QED) is 0.836. The lowest BCUT2D eigenvalue weighted by Crippen LogP contribution is -2.38. The molecule has 6 nitrogen and oxygen atoms in total. The average molecular weight is 277 g/mol. The van der Waals surface area contributed by atoms with Gasteiger partial charge in [0.1, 0.15) is 6.04 Å². The third-order valence-electron chi connectivity index (χ3n) is 2.83. The highest BCUT2D eigenvalue weighted by Gasteiger charge is 2.36. The zero-order valence-electron chi connectivity index (χ0n) is 9.57. The second kappa shape index (κ2) is 4.56.